The molecule has 3 aromatic rings. The van der Waals surface area contributed by atoms with E-state index in [1.807, 2.05) is 0 Å². The van der Waals surface area contributed by atoms with Crippen molar-refractivity contribution in [2.24, 2.45) is 0 Å². The molecule has 0 spiro atoms. The fraction of sp³-hybridized carbons (Fsp3) is 0.400. The molecule has 172 valence electrons. The number of amides is 2. The van der Waals surface area contributed by atoms with Crippen molar-refractivity contribution in [3.63, 3.8) is 0 Å². The Hall–Kier alpha value is -2.67. The summed E-state index contributed by atoms with van der Waals surface area (Å²) in [4.78, 5) is 24.7. The third-order valence-corrected chi connectivity index (χ3v) is 7.09. The van der Waals surface area contributed by atoms with Gasteiger partial charge >= 0.3 is 6.03 Å². The molecule has 0 radical (unpaired) electrons. The minimum atomic E-state index is -3.70. The Morgan fingerprint density at radius 1 is 1.25 bits per heavy atom. The number of methoxy groups -OCH3 is 1. The fourth-order valence-corrected chi connectivity index (χ4v) is 5.25. The van der Waals surface area contributed by atoms with Crippen molar-refractivity contribution in [2.45, 2.75) is 31.3 Å². The van der Waals surface area contributed by atoms with Crippen LogP contribution < -0.4 is 10.6 Å². The molecule has 32 heavy (non-hydrogen) atoms. The SMILES string of the molecule is CCNC(=O)Nc1nc2cc(-c3cnc(C(C)(C)O)nc3)c(S(=O)(=O)CCOC)cc2s1. The molecule has 0 aliphatic rings. The van der Waals surface area contributed by atoms with Gasteiger partial charge in [0.1, 0.15) is 5.60 Å². The highest BCUT2D eigenvalue weighted by Gasteiger charge is 2.24. The summed E-state index contributed by atoms with van der Waals surface area (Å²) >= 11 is 1.17. The first-order valence-electron chi connectivity index (χ1n) is 9.81. The van der Waals surface area contributed by atoms with Crippen molar-refractivity contribution in [1.29, 1.82) is 0 Å². The monoisotopic (exact) mass is 479 g/mol. The van der Waals surface area contributed by atoms with E-state index >= 15 is 0 Å². The molecule has 0 aliphatic heterocycles. The van der Waals surface area contributed by atoms with E-state index in [9.17, 15) is 18.3 Å². The molecule has 0 saturated carbocycles. The Morgan fingerprint density at radius 2 is 1.94 bits per heavy atom. The van der Waals surface area contributed by atoms with Crippen LogP contribution in [0.1, 0.15) is 26.6 Å². The Labute approximate surface area is 190 Å². The second kappa shape index (κ2) is 9.45. The van der Waals surface area contributed by atoms with Gasteiger partial charge < -0.3 is 15.2 Å². The number of nitrogens with zero attached hydrogens (tertiary/aromatic N) is 3. The number of hydrogen-bond acceptors (Lipinski definition) is 9. The van der Waals surface area contributed by atoms with Crippen LogP contribution in [0, 0.1) is 0 Å². The van der Waals surface area contributed by atoms with Crippen molar-refractivity contribution >= 4 is 42.6 Å². The van der Waals surface area contributed by atoms with Gasteiger partial charge in [-0.3, -0.25) is 5.32 Å². The van der Waals surface area contributed by atoms with Crippen molar-refractivity contribution < 1.29 is 23.1 Å². The molecule has 10 nitrogen and oxygen atoms in total. The number of carbonyl (C=O) groups excluding carboxylic acids is 1. The Bertz CT molecular complexity index is 1220. The molecule has 2 aromatic heterocycles. The van der Waals surface area contributed by atoms with Crippen LogP contribution in [0.4, 0.5) is 9.93 Å². The first-order valence-corrected chi connectivity index (χ1v) is 12.3. The Balaban J connectivity index is 2.13. The molecule has 0 bridgehead atoms. The van der Waals surface area contributed by atoms with Gasteiger partial charge in [0, 0.05) is 37.2 Å². The summed E-state index contributed by atoms with van der Waals surface area (Å²) < 4.78 is 31.7. The zero-order valence-corrected chi connectivity index (χ0v) is 19.8. The predicted octanol–water partition coefficient (Wildman–Crippen LogP) is 2.54. The van der Waals surface area contributed by atoms with Crippen LogP contribution in [0.2, 0.25) is 0 Å². The van der Waals surface area contributed by atoms with Gasteiger partial charge in [0.25, 0.3) is 0 Å². The van der Waals surface area contributed by atoms with Crippen molar-refractivity contribution in [2.75, 3.05) is 31.3 Å². The van der Waals surface area contributed by atoms with Gasteiger partial charge in [-0.15, -0.1) is 0 Å². The van der Waals surface area contributed by atoms with Gasteiger partial charge in [0.2, 0.25) is 0 Å². The summed E-state index contributed by atoms with van der Waals surface area (Å²) in [7, 11) is -2.27. The number of aliphatic hydroxyl groups is 1. The molecule has 0 saturated heterocycles. The van der Waals surface area contributed by atoms with Crippen LogP contribution in [-0.2, 0) is 20.2 Å². The van der Waals surface area contributed by atoms with E-state index in [2.05, 4.69) is 25.6 Å². The zero-order valence-electron chi connectivity index (χ0n) is 18.2. The molecule has 0 fully saturated rings. The minimum Gasteiger partial charge on any atom is -0.384 e. The van der Waals surface area contributed by atoms with Gasteiger partial charge in [-0.1, -0.05) is 11.3 Å². The van der Waals surface area contributed by atoms with E-state index in [0.29, 0.717) is 33.0 Å². The van der Waals surface area contributed by atoms with E-state index in [-0.39, 0.29) is 23.1 Å². The zero-order chi connectivity index (χ0) is 23.5. The molecular formula is C20H25N5O5S2. The number of benzene rings is 1. The third kappa shape index (κ3) is 5.38. The van der Waals surface area contributed by atoms with E-state index in [4.69, 9.17) is 4.74 Å². The number of rotatable bonds is 8. The number of fused-ring (bicyclic) bond motifs is 1. The van der Waals surface area contributed by atoms with E-state index in [1.54, 1.807) is 32.9 Å². The lowest BCUT2D eigenvalue weighted by Gasteiger charge is -2.16. The molecular weight excluding hydrogens is 454 g/mol. The van der Waals surface area contributed by atoms with Gasteiger partial charge in [0.05, 0.1) is 27.5 Å². The summed E-state index contributed by atoms with van der Waals surface area (Å²) in [5.41, 5.74) is 0.131. The molecule has 0 aliphatic carbocycles. The van der Waals surface area contributed by atoms with Crippen LogP contribution >= 0.6 is 11.3 Å². The van der Waals surface area contributed by atoms with E-state index in [1.165, 1.54) is 30.8 Å². The molecule has 2 heterocycles. The van der Waals surface area contributed by atoms with Gasteiger partial charge in [-0.05, 0) is 32.9 Å². The fourth-order valence-electron chi connectivity index (χ4n) is 2.88. The lowest BCUT2D eigenvalue weighted by atomic mass is 10.1. The number of sulfone groups is 1. The third-order valence-electron chi connectivity index (χ3n) is 4.45. The summed E-state index contributed by atoms with van der Waals surface area (Å²) in [5.74, 6) is 0.0150. The van der Waals surface area contributed by atoms with Crippen LogP contribution in [0.15, 0.2) is 29.4 Å². The van der Waals surface area contributed by atoms with Crippen LogP contribution in [0.5, 0.6) is 0 Å². The van der Waals surface area contributed by atoms with Gasteiger partial charge in [-0.2, -0.15) is 0 Å². The molecule has 3 rings (SSSR count). The quantitative estimate of drug-likeness (QED) is 0.447. The number of hydrogen-bond donors (Lipinski definition) is 3. The first kappa shape index (κ1) is 24.0. The maximum atomic E-state index is 13.1. The standard InChI is InChI=1S/C20H25N5O5S2/c1-5-21-18(26)25-19-24-14-8-13(12-10-22-17(23-11-12)20(2,3)27)16(9-15(14)31-19)32(28,29)7-6-30-4/h8-11,27H,5-7H2,1-4H3,(H2,21,24,25,26). The minimum absolute atomic E-state index is 0.0423. The number of urea groups is 1. The first-order chi connectivity index (χ1) is 15.0. The van der Waals surface area contributed by atoms with Crippen LogP contribution in [0.25, 0.3) is 21.3 Å². The normalized spacial score (nSPS) is 12.2. The average molecular weight is 480 g/mol. The number of aromatic nitrogens is 3. The second-order valence-corrected chi connectivity index (χ2v) is 10.6. The highest BCUT2D eigenvalue weighted by molar-refractivity contribution is 7.91. The van der Waals surface area contributed by atoms with E-state index < -0.39 is 21.5 Å². The summed E-state index contributed by atoms with van der Waals surface area (Å²) in [6, 6.07) is 2.78. The van der Waals surface area contributed by atoms with Crippen molar-refractivity contribution in [3.05, 3.63) is 30.4 Å². The molecule has 0 atom stereocenters. The Kier molecular flexibility index (Phi) is 7.08. The molecule has 1 aromatic carbocycles. The van der Waals surface area contributed by atoms with Gasteiger partial charge in [-0.25, -0.2) is 28.2 Å². The van der Waals surface area contributed by atoms with Crippen molar-refractivity contribution in [1.82, 2.24) is 20.3 Å². The summed E-state index contributed by atoms with van der Waals surface area (Å²) in [6.07, 6.45) is 2.94. The molecule has 3 N–H and O–H groups in total. The lowest BCUT2D eigenvalue weighted by Crippen LogP contribution is -2.28. The summed E-state index contributed by atoms with van der Waals surface area (Å²) in [6.45, 7) is 5.43. The predicted molar refractivity (Wildman–Crippen MR) is 123 cm³/mol. The highest BCUT2D eigenvalue weighted by Crippen LogP contribution is 2.36. The maximum Gasteiger partial charge on any atom is 0.321 e. The molecule has 0 unspecified atom stereocenters. The van der Waals surface area contributed by atoms with E-state index in [0.717, 1.165) is 0 Å². The Morgan fingerprint density at radius 3 is 2.53 bits per heavy atom. The number of thiazole rings is 1. The topological polar surface area (TPSA) is 143 Å². The van der Waals surface area contributed by atoms with Crippen LogP contribution in [0.3, 0.4) is 0 Å². The highest BCUT2D eigenvalue weighted by atomic mass is 32.2. The largest absolute Gasteiger partial charge is 0.384 e. The molecule has 12 heteroatoms. The maximum absolute atomic E-state index is 13.1. The second-order valence-electron chi connectivity index (χ2n) is 7.49. The number of ether oxygens (including phenoxy) is 1. The average Bonchev–Trinajstić information content (AvgIpc) is 3.12. The van der Waals surface area contributed by atoms with Crippen molar-refractivity contribution in [3.8, 4) is 11.1 Å². The number of anilines is 1. The summed E-state index contributed by atoms with van der Waals surface area (Å²) in [5, 5.41) is 15.7. The van der Waals surface area contributed by atoms with Crippen LogP contribution in [-0.4, -0.2) is 60.5 Å². The smallest absolute Gasteiger partial charge is 0.321 e. The number of nitrogens with one attached hydrogen (secondary N) is 2. The molecule has 2 amide bonds. The number of carbonyl (C=O) groups is 1. The van der Waals surface area contributed by atoms with Gasteiger partial charge in [0.15, 0.2) is 20.8 Å². The lowest BCUT2D eigenvalue weighted by molar-refractivity contribution is 0.0687.